The molecule has 0 spiro atoms. The molecule has 1 aliphatic rings. The number of amides is 1. The molecule has 1 fully saturated rings. The lowest BCUT2D eigenvalue weighted by molar-refractivity contribution is 0.102. The van der Waals surface area contributed by atoms with Gasteiger partial charge in [0.15, 0.2) is 0 Å². The molecule has 0 unspecified atom stereocenters. The van der Waals surface area contributed by atoms with Crippen molar-refractivity contribution in [3.63, 3.8) is 0 Å². The Morgan fingerprint density at radius 3 is 2.22 bits per heavy atom. The number of carbonyl (C=O) groups is 1. The standard InChI is InChI=1S/C21H26N2O3S/c1-15-7-9-18(13-17(15)3)21(24)22-20-14-19(10-8-16(20)2)27(25,26)23-11-5-4-6-12-23/h7-10,13-14H,4-6,11-12H2,1-3H3,(H,22,24). The molecule has 1 amide bonds. The third kappa shape index (κ3) is 4.22. The van der Waals surface area contributed by atoms with Crippen molar-refractivity contribution in [2.24, 2.45) is 0 Å². The second-order valence-corrected chi connectivity index (χ2v) is 9.13. The van der Waals surface area contributed by atoms with Crippen molar-refractivity contribution in [1.29, 1.82) is 0 Å². The van der Waals surface area contributed by atoms with Gasteiger partial charge in [0.25, 0.3) is 5.91 Å². The van der Waals surface area contributed by atoms with E-state index in [0.29, 0.717) is 24.3 Å². The Kier molecular flexibility index (Phi) is 5.67. The van der Waals surface area contributed by atoms with Crippen LogP contribution in [0.4, 0.5) is 5.69 Å². The first-order chi connectivity index (χ1) is 12.8. The van der Waals surface area contributed by atoms with Crippen molar-refractivity contribution in [2.45, 2.75) is 44.9 Å². The van der Waals surface area contributed by atoms with Gasteiger partial charge < -0.3 is 5.32 Å². The molecule has 2 aromatic carbocycles. The Labute approximate surface area is 161 Å². The van der Waals surface area contributed by atoms with Gasteiger partial charge in [-0.1, -0.05) is 18.6 Å². The summed E-state index contributed by atoms with van der Waals surface area (Å²) in [6.45, 7) is 6.92. The van der Waals surface area contributed by atoms with Gasteiger partial charge >= 0.3 is 0 Å². The Balaban J connectivity index is 1.87. The van der Waals surface area contributed by atoms with Gasteiger partial charge in [0.2, 0.25) is 10.0 Å². The number of hydrogen-bond acceptors (Lipinski definition) is 3. The van der Waals surface area contributed by atoms with Crippen molar-refractivity contribution in [3.05, 3.63) is 58.7 Å². The lowest BCUT2D eigenvalue weighted by atomic mass is 10.1. The number of anilines is 1. The van der Waals surface area contributed by atoms with Crippen LogP contribution in [0.1, 0.15) is 46.3 Å². The second kappa shape index (κ2) is 7.82. The summed E-state index contributed by atoms with van der Waals surface area (Å²) in [7, 11) is -3.53. The molecule has 144 valence electrons. The van der Waals surface area contributed by atoms with E-state index in [2.05, 4.69) is 5.32 Å². The number of benzene rings is 2. The van der Waals surface area contributed by atoms with Crippen molar-refractivity contribution < 1.29 is 13.2 Å². The summed E-state index contributed by atoms with van der Waals surface area (Å²) in [5.74, 6) is -0.242. The molecule has 0 saturated carbocycles. The molecule has 0 aliphatic carbocycles. The van der Waals surface area contributed by atoms with Gasteiger partial charge in [-0.3, -0.25) is 4.79 Å². The molecule has 1 N–H and O–H groups in total. The van der Waals surface area contributed by atoms with E-state index in [1.165, 1.54) is 4.31 Å². The van der Waals surface area contributed by atoms with E-state index in [9.17, 15) is 13.2 Å². The molecule has 1 heterocycles. The summed E-state index contributed by atoms with van der Waals surface area (Å²) in [6, 6.07) is 10.5. The van der Waals surface area contributed by atoms with E-state index in [-0.39, 0.29) is 10.8 Å². The molecule has 0 bridgehead atoms. The summed E-state index contributed by atoms with van der Waals surface area (Å²) in [5.41, 5.74) is 4.07. The number of sulfonamides is 1. The summed E-state index contributed by atoms with van der Waals surface area (Å²) in [6.07, 6.45) is 2.85. The third-order valence-corrected chi connectivity index (χ3v) is 7.07. The van der Waals surface area contributed by atoms with Crippen molar-refractivity contribution in [3.8, 4) is 0 Å². The molecular formula is C21H26N2O3S. The Hall–Kier alpha value is -2.18. The molecule has 1 aliphatic heterocycles. The zero-order chi connectivity index (χ0) is 19.6. The predicted octanol–water partition coefficient (Wildman–Crippen LogP) is 4.04. The maximum absolute atomic E-state index is 12.9. The molecule has 3 rings (SSSR count). The number of aryl methyl sites for hydroxylation is 3. The van der Waals surface area contributed by atoms with Gasteiger partial charge in [-0.05, 0) is 74.6 Å². The van der Waals surface area contributed by atoms with Crippen LogP contribution in [0.2, 0.25) is 0 Å². The van der Waals surface area contributed by atoms with Crippen LogP contribution in [-0.2, 0) is 10.0 Å². The fraction of sp³-hybridized carbons (Fsp3) is 0.381. The highest BCUT2D eigenvalue weighted by Gasteiger charge is 2.26. The topological polar surface area (TPSA) is 66.5 Å². The lowest BCUT2D eigenvalue weighted by Crippen LogP contribution is -2.35. The highest BCUT2D eigenvalue weighted by molar-refractivity contribution is 7.89. The normalized spacial score (nSPS) is 15.5. The molecule has 27 heavy (non-hydrogen) atoms. The van der Waals surface area contributed by atoms with Gasteiger partial charge in [0, 0.05) is 24.3 Å². The smallest absolute Gasteiger partial charge is 0.255 e. The van der Waals surface area contributed by atoms with Gasteiger partial charge in [0.1, 0.15) is 0 Å². The molecule has 5 nitrogen and oxygen atoms in total. The van der Waals surface area contributed by atoms with Crippen molar-refractivity contribution in [2.75, 3.05) is 18.4 Å². The first-order valence-corrected chi connectivity index (χ1v) is 10.7. The van der Waals surface area contributed by atoms with Crippen LogP contribution in [0.3, 0.4) is 0 Å². The Morgan fingerprint density at radius 2 is 1.56 bits per heavy atom. The van der Waals surface area contributed by atoms with Gasteiger partial charge in [-0.2, -0.15) is 4.31 Å². The second-order valence-electron chi connectivity index (χ2n) is 7.19. The minimum Gasteiger partial charge on any atom is -0.322 e. The van der Waals surface area contributed by atoms with E-state index in [4.69, 9.17) is 0 Å². The molecule has 0 atom stereocenters. The average molecular weight is 387 g/mol. The van der Waals surface area contributed by atoms with E-state index < -0.39 is 10.0 Å². The number of carbonyl (C=O) groups excluding carboxylic acids is 1. The van der Waals surface area contributed by atoms with Gasteiger partial charge in [-0.25, -0.2) is 8.42 Å². The largest absolute Gasteiger partial charge is 0.322 e. The molecule has 1 saturated heterocycles. The fourth-order valence-corrected chi connectivity index (χ4v) is 4.77. The molecular weight excluding hydrogens is 360 g/mol. The fourth-order valence-electron chi connectivity index (χ4n) is 3.23. The van der Waals surface area contributed by atoms with E-state index >= 15 is 0 Å². The Morgan fingerprint density at radius 1 is 0.889 bits per heavy atom. The van der Waals surface area contributed by atoms with Crippen molar-refractivity contribution >= 4 is 21.6 Å². The average Bonchev–Trinajstić information content (AvgIpc) is 2.66. The first-order valence-electron chi connectivity index (χ1n) is 9.28. The number of piperidine rings is 1. The molecule has 0 radical (unpaired) electrons. The summed E-state index contributed by atoms with van der Waals surface area (Å²) >= 11 is 0. The zero-order valence-corrected chi connectivity index (χ0v) is 16.9. The molecule has 2 aromatic rings. The van der Waals surface area contributed by atoms with Crippen molar-refractivity contribution in [1.82, 2.24) is 4.31 Å². The molecule has 6 heteroatoms. The highest BCUT2D eigenvalue weighted by Crippen LogP contribution is 2.25. The summed E-state index contributed by atoms with van der Waals surface area (Å²) in [4.78, 5) is 12.8. The number of hydrogen-bond donors (Lipinski definition) is 1. The maximum atomic E-state index is 12.9. The SMILES string of the molecule is Cc1ccc(C(=O)Nc2cc(S(=O)(=O)N3CCCCC3)ccc2C)cc1C. The highest BCUT2D eigenvalue weighted by atomic mass is 32.2. The predicted molar refractivity (Wildman–Crippen MR) is 108 cm³/mol. The van der Waals surface area contributed by atoms with Crippen LogP contribution in [-0.4, -0.2) is 31.7 Å². The lowest BCUT2D eigenvalue weighted by Gasteiger charge is -2.26. The quantitative estimate of drug-likeness (QED) is 0.862. The van der Waals surface area contributed by atoms with Gasteiger partial charge in [-0.15, -0.1) is 0 Å². The Bertz CT molecular complexity index is 961. The van der Waals surface area contributed by atoms with Crippen LogP contribution in [0.25, 0.3) is 0 Å². The van der Waals surface area contributed by atoms with Crippen LogP contribution < -0.4 is 5.32 Å². The van der Waals surface area contributed by atoms with E-state index in [1.54, 1.807) is 24.3 Å². The number of nitrogens with zero attached hydrogens (tertiary/aromatic N) is 1. The summed E-state index contributed by atoms with van der Waals surface area (Å²) < 4.78 is 27.3. The number of rotatable bonds is 4. The van der Waals surface area contributed by atoms with Crippen LogP contribution in [0.5, 0.6) is 0 Å². The monoisotopic (exact) mass is 386 g/mol. The van der Waals surface area contributed by atoms with Gasteiger partial charge in [0.05, 0.1) is 4.90 Å². The van der Waals surface area contributed by atoms with Crippen LogP contribution in [0, 0.1) is 20.8 Å². The third-order valence-electron chi connectivity index (χ3n) is 5.18. The minimum absolute atomic E-state index is 0.227. The minimum atomic E-state index is -3.53. The molecule has 0 aromatic heterocycles. The van der Waals surface area contributed by atoms with Crippen LogP contribution >= 0.6 is 0 Å². The van der Waals surface area contributed by atoms with E-state index in [1.807, 2.05) is 32.9 Å². The summed E-state index contributed by atoms with van der Waals surface area (Å²) in [5, 5.41) is 2.87. The van der Waals surface area contributed by atoms with Crippen LogP contribution in [0.15, 0.2) is 41.3 Å². The van der Waals surface area contributed by atoms with E-state index in [0.717, 1.165) is 36.0 Å². The first kappa shape index (κ1) is 19.6. The zero-order valence-electron chi connectivity index (χ0n) is 16.1. The number of nitrogens with one attached hydrogen (secondary N) is 1. The maximum Gasteiger partial charge on any atom is 0.255 e.